The van der Waals surface area contributed by atoms with Gasteiger partial charge in [0.05, 0.1) is 11.0 Å². The Morgan fingerprint density at radius 1 is 1.16 bits per heavy atom. The van der Waals surface area contributed by atoms with Gasteiger partial charge in [0.2, 0.25) is 10.0 Å². The first-order chi connectivity index (χ1) is 14.8. The Bertz CT molecular complexity index is 959. The van der Waals surface area contributed by atoms with Gasteiger partial charge in [0.1, 0.15) is 0 Å². The van der Waals surface area contributed by atoms with Crippen LogP contribution in [0.5, 0.6) is 0 Å². The molecule has 1 aliphatic rings. The van der Waals surface area contributed by atoms with Crippen LogP contribution in [0.1, 0.15) is 31.2 Å². The highest BCUT2D eigenvalue weighted by molar-refractivity contribution is 7.89. The van der Waals surface area contributed by atoms with Gasteiger partial charge < -0.3 is 15.4 Å². The van der Waals surface area contributed by atoms with Gasteiger partial charge in [-0.1, -0.05) is 18.9 Å². The number of anilines is 1. The molecule has 1 aromatic heterocycles. The van der Waals surface area contributed by atoms with E-state index in [1.807, 2.05) is 6.07 Å². The van der Waals surface area contributed by atoms with Gasteiger partial charge in [0.25, 0.3) is 0 Å². The molecule has 1 aliphatic carbocycles. The van der Waals surface area contributed by atoms with Crippen LogP contribution in [0.4, 0.5) is 19.3 Å². The number of nitrogens with one attached hydrogen (secondary N) is 3. The summed E-state index contributed by atoms with van der Waals surface area (Å²) in [4.78, 5) is 15.9. The monoisotopic (exact) mass is 454 g/mol. The molecule has 2 unspecified atom stereocenters. The number of amides is 2. The van der Waals surface area contributed by atoms with E-state index in [-0.39, 0.29) is 4.90 Å². The number of sulfonamides is 1. The van der Waals surface area contributed by atoms with Gasteiger partial charge in [0, 0.05) is 30.7 Å². The molecule has 0 saturated heterocycles. The fraction of sp³-hybridized carbons (Fsp3) is 0.400. The predicted octanol–water partition coefficient (Wildman–Crippen LogP) is 3.23. The standard InChI is InChI=1S/C20H24F2N4O4S/c21-19(22)30-18-6-2-1-5-17(18)26-31(28,29)16-9-7-15(8-10-16)25-20(27)24-13-14-4-3-11-23-12-14/h3-4,7-12,17-19,26H,1-2,5-6,13H2,(H2,24,25,27). The van der Waals surface area contributed by atoms with Gasteiger partial charge in [-0.3, -0.25) is 4.98 Å². The molecule has 11 heteroatoms. The zero-order valence-corrected chi connectivity index (χ0v) is 17.4. The Kier molecular flexibility index (Phi) is 7.88. The molecule has 8 nitrogen and oxygen atoms in total. The number of halogens is 2. The van der Waals surface area contributed by atoms with Crippen molar-refractivity contribution in [3.05, 3.63) is 54.4 Å². The van der Waals surface area contributed by atoms with Crippen molar-refractivity contribution in [3.63, 3.8) is 0 Å². The summed E-state index contributed by atoms with van der Waals surface area (Å²) in [6.45, 7) is -2.66. The third-order valence-corrected chi connectivity index (χ3v) is 6.39. The van der Waals surface area contributed by atoms with E-state index in [4.69, 9.17) is 0 Å². The second-order valence-corrected chi connectivity index (χ2v) is 8.85. The van der Waals surface area contributed by atoms with Crippen LogP contribution in [-0.4, -0.2) is 38.2 Å². The molecule has 1 saturated carbocycles. The van der Waals surface area contributed by atoms with Crippen LogP contribution in [0, 0.1) is 0 Å². The second kappa shape index (κ2) is 10.6. The quantitative estimate of drug-likeness (QED) is 0.567. The van der Waals surface area contributed by atoms with Crippen LogP contribution >= 0.6 is 0 Å². The number of aromatic nitrogens is 1. The van der Waals surface area contributed by atoms with Gasteiger partial charge in [-0.15, -0.1) is 0 Å². The SMILES string of the molecule is O=C(NCc1cccnc1)Nc1ccc(S(=O)(=O)NC2CCCCC2OC(F)F)cc1. The Morgan fingerprint density at radius 2 is 1.90 bits per heavy atom. The van der Waals surface area contributed by atoms with E-state index < -0.39 is 34.8 Å². The van der Waals surface area contributed by atoms with Crippen molar-refractivity contribution in [2.24, 2.45) is 0 Å². The summed E-state index contributed by atoms with van der Waals surface area (Å²) < 4.78 is 57.6. The van der Waals surface area contributed by atoms with E-state index in [0.29, 0.717) is 31.5 Å². The third-order valence-electron chi connectivity index (χ3n) is 4.89. The molecule has 31 heavy (non-hydrogen) atoms. The van der Waals surface area contributed by atoms with Gasteiger partial charge in [-0.05, 0) is 48.7 Å². The normalized spacial score (nSPS) is 19.2. The van der Waals surface area contributed by atoms with Crippen LogP contribution in [-0.2, 0) is 21.3 Å². The highest BCUT2D eigenvalue weighted by Gasteiger charge is 2.32. The highest BCUT2D eigenvalue weighted by Crippen LogP contribution is 2.25. The number of hydrogen-bond acceptors (Lipinski definition) is 5. The molecule has 0 radical (unpaired) electrons. The van der Waals surface area contributed by atoms with Gasteiger partial charge in [-0.2, -0.15) is 8.78 Å². The zero-order valence-electron chi connectivity index (χ0n) is 16.6. The van der Waals surface area contributed by atoms with E-state index in [9.17, 15) is 22.0 Å². The highest BCUT2D eigenvalue weighted by atomic mass is 32.2. The third kappa shape index (κ3) is 6.94. The second-order valence-electron chi connectivity index (χ2n) is 7.14. The molecule has 2 amide bonds. The van der Waals surface area contributed by atoms with Crippen LogP contribution in [0.25, 0.3) is 0 Å². The van der Waals surface area contributed by atoms with Gasteiger partial charge >= 0.3 is 12.6 Å². The molecule has 2 atom stereocenters. The zero-order chi connectivity index (χ0) is 22.3. The van der Waals surface area contributed by atoms with Crippen molar-refractivity contribution in [3.8, 4) is 0 Å². The van der Waals surface area contributed by atoms with Crippen molar-refractivity contribution in [2.45, 2.75) is 55.9 Å². The van der Waals surface area contributed by atoms with Crippen LogP contribution in [0.3, 0.4) is 0 Å². The summed E-state index contributed by atoms with van der Waals surface area (Å²) in [6, 6.07) is 7.99. The summed E-state index contributed by atoms with van der Waals surface area (Å²) in [6.07, 6.45) is 4.63. The molecule has 3 rings (SSSR count). The van der Waals surface area contributed by atoms with E-state index in [1.165, 1.54) is 24.3 Å². The lowest BCUT2D eigenvalue weighted by Gasteiger charge is -2.31. The van der Waals surface area contributed by atoms with E-state index in [1.54, 1.807) is 18.5 Å². The average molecular weight is 454 g/mol. The number of pyridine rings is 1. The maximum atomic E-state index is 12.7. The van der Waals surface area contributed by atoms with Crippen LogP contribution < -0.4 is 15.4 Å². The first kappa shape index (κ1) is 23.0. The summed E-state index contributed by atoms with van der Waals surface area (Å²) >= 11 is 0. The molecule has 1 aromatic carbocycles. The van der Waals surface area contributed by atoms with Gasteiger partial charge in [-0.25, -0.2) is 17.9 Å². The largest absolute Gasteiger partial charge is 0.345 e. The number of ether oxygens (including phenoxy) is 1. The number of nitrogens with zero attached hydrogens (tertiary/aromatic N) is 1. The molecule has 0 spiro atoms. The van der Waals surface area contributed by atoms with Crippen molar-refractivity contribution in [1.29, 1.82) is 0 Å². The molecule has 2 aromatic rings. The minimum absolute atomic E-state index is 0.0322. The Balaban J connectivity index is 1.57. The molecule has 1 heterocycles. The molecule has 1 fully saturated rings. The van der Waals surface area contributed by atoms with Crippen molar-refractivity contribution in [2.75, 3.05) is 5.32 Å². The lowest BCUT2D eigenvalue weighted by atomic mass is 9.93. The number of hydrogen-bond donors (Lipinski definition) is 3. The number of alkyl halides is 2. The minimum Gasteiger partial charge on any atom is -0.334 e. The molecule has 3 N–H and O–H groups in total. The predicted molar refractivity (Wildman–Crippen MR) is 110 cm³/mol. The maximum absolute atomic E-state index is 12.7. The Hall–Kier alpha value is -2.63. The summed E-state index contributed by atoms with van der Waals surface area (Å²) in [5.41, 5.74) is 1.24. The minimum atomic E-state index is -3.93. The lowest BCUT2D eigenvalue weighted by molar-refractivity contribution is -0.174. The van der Waals surface area contributed by atoms with Gasteiger partial charge in [0.15, 0.2) is 0 Å². The molecule has 0 bridgehead atoms. The van der Waals surface area contributed by atoms with E-state index in [0.717, 1.165) is 12.0 Å². The fourth-order valence-corrected chi connectivity index (χ4v) is 4.67. The van der Waals surface area contributed by atoms with E-state index in [2.05, 4.69) is 25.1 Å². The first-order valence-corrected chi connectivity index (χ1v) is 11.3. The number of benzene rings is 1. The number of carbonyl (C=O) groups excluding carboxylic acids is 1. The molecular weight excluding hydrogens is 430 g/mol. The number of urea groups is 1. The first-order valence-electron chi connectivity index (χ1n) is 9.83. The summed E-state index contributed by atoms with van der Waals surface area (Å²) in [7, 11) is -3.93. The Morgan fingerprint density at radius 3 is 2.58 bits per heavy atom. The molecule has 0 aliphatic heterocycles. The van der Waals surface area contributed by atoms with Crippen LogP contribution in [0.15, 0.2) is 53.7 Å². The summed E-state index contributed by atoms with van der Waals surface area (Å²) in [5, 5.41) is 5.28. The summed E-state index contributed by atoms with van der Waals surface area (Å²) in [5.74, 6) is 0. The lowest BCUT2D eigenvalue weighted by Crippen LogP contribution is -2.46. The van der Waals surface area contributed by atoms with E-state index >= 15 is 0 Å². The maximum Gasteiger partial charge on any atom is 0.345 e. The van der Waals surface area contributed by atoms with Crippen molar-refractivity contribution < 1.29 is 26.7 Å². The van der Waals surface area contributed by atoms with Crippen molar-refractivity contribution in [1.82, 2.24) is 15.0 Å². The molecular formula is C20H24F2N4O4S. The van der Waals surface area contributed by atoms with Crippen molar-refractivity contribution >= 4 is 21.7 Å². The molecule has 168 valence electrons. The average Bonchev–Trinajstić information content (AvgIpc) is 2.74. The Labute approximate surface area is 179 Å². The smallest absolute Gasteiger partial charge is 0.334 e. The van der Waals surface area contributed by atoms with Crippen LogP contribution in [0.2, 0.25) is 0 Å². The fourth-order valence-electron chi connectivity index (χ4n) is 3.37. The topological polar surface area (TPSA) is 109 Å². The number of carbonyl (C=O) groups is 1. The number of rotatable bonds is 8.